The van der Waals surface area contributed by atoms with Gasteiger partial charge in [0.15, 0.2) is 0 Å². The first-order valence-electron chi connectivity index (χ1n) is 11.6. The van der Waals surface area contributed by atoms with Crippen LogP contribution in [0.15, 0.2) is 36.7 Å². The molecule has 8 nitrogen and oxygen atoms in total. The predicted molar refractivity (Wildman–Crippen MR) is 128 cm³/mol. The van der Waals surface area contributed by atoms with Gasteiger partial charge in [0.2, 0.25) is 11.8 Å². The summed E-state index contributed by atoms with van der Waals surface area (Å²) in [6.07, 6.45) is 6.45. The molecule has 0 aromatic carbocycles. The van der Waals surface area contributed by atoms with Crippen molar-refractivity contribution in [2.75, 3.05) is 38.2 Å². The third-order valence-corrected chi connectivity index (χ3v) is 6.54. The Hall–Kier alpha value is -3.18. The van der Waals surface area contributed by atoms with Gasteiger partial charge in [-0.05, 0) is 63.8 Å². The van der Waals surface area contributed by atoms with E-state index in [4.69, 9.17) is 10.00 Å². The van der Waals surface area contributed by atoms with Crippen LogP contribution in [-0.4, -0.2) is 60.1 Å². The molecule has 1 fully saturated rings. The highest BCUT2D eigenvalue weighted by atomic mass is 16.5. The lowest BCUT2D eigenvalue weighted by atomic mass is 9.72. The van der Waals surface area contributed by atoms with Gasteiger partial charge in [0, 0.05) is 49.7 Å². The molecule has 0 radical (unpaired) electrons. The van der Waals surface area contributed by atoms with Crippen LogP contribution in [0.5, 0.6) is 5.88 Å². The number of likely N-dealkylation sites (N-methyl/N-ethyl adjacent to an activating group) is 2. The maximum absolute atomic E-state index is 13.1. The number of nitrogens with zero attached hydrogens (tertiary/aromatic N) is 5. The van der Waals surface area contributed by atoms with E-state index < -0.39 is 0 Å². The van der Waals surface area contributed by atoms with Gasteiger partial charge in [0.05, 0.1) is 19.2 Å². The molecule has 1 amide bonds. The highest BCUT2D eigenvalue weighted by Gasteiger charge is 2.39. The van der Waals surface area contributed by atoms with Crippen LogP contribution in [0.2, 0.25) is 0 Å². The maximum atomic E-state index is 13.1. The number of hydrogen-bond acceptors (Lipinski definition) is 7. The molecule has 0 bridgehead atoms. The number of nitriles is 1. The van der Waals surface area contributed by atoms with Crippen LogP contribution in [0.25, 0.3) is 0 Å². The molecule has 1 unspecified atom stereocenters. The minimum absolute atomic E-state index is 0.0838. The number of methoxy groups -OCH3 is 1. The SMILES string of the molecule is CCN(CC(C)N(CC)c1ccc(C#N)cn1)C(=O)CNC1(c2ccnc(OC)c2)CCC1. The van der Waals surface area contributed by atoms with Crippen LogP contribution in [0.3, 0.4) is 0 Å². The molecule has 2 aromatic heterocycles. The van der Waals surface area contributed by atoms with Crippen molar-refractivity contribution in [1.82, 2.24) is 20.2 Å². The molecular weight excluding hydrogens is 416 g/mol. The van der Waals surface area contributed by atoms with Crippen molar-refractivity contribution in [2.45, 2.75) is 51.6 Å². The number of pyridine rings is 2. The van der Waals surface area contributed by atoms with Crippen molar-refractivity contribution < 1.29 is 9.53 Å². The second kappa shape index (κ2) is 11.1. The van der Waals surface area contributed by atoms with E-state index >= 15 is 0 Å². The lowest BCUT2D eigenvalue weighted by molar-refractivity contribution is -0.131. The molecule has 33 heavy (non-hydrogen) atoms. The van der Waals surface area contributed by atoms with Gasteiger partial charge < -0.3 is 14.5 Å². The van der Waals surface area contributed by atoms with E-state index in [9.17, 15) is 4.79 Å². The second-order valence-electron chi connectivity index (χ2n) is 8.46. The van der Waals surface area contributed by atoms with Crippen LogP contribution in [0.4, 0.5) is 5.82 Å². The highest BCUT2D eigenvalue weighted by Crippen LogP contribution is 2.41. The Balaban J connectivity index is 1.63. The number of rotatable bonds is 11. The Morgan fingerprint density at radius 3 is 2.61 bits per heavy atom. The summed E-state index contributed by atoms with van der Waals surface area (Å²) in [5.41, 5.74) is 1.46. The zero-order chi connectivity index (χ0) is 23.8. The number of anilines is 1. The van der Waals surface area contributed by atoms with Crippen LogP contribution in [-0.2, 0) is 10.3 Å². The molecule has 176 valence electrons. The lowest BCUT2D eigenvalue weighted by Crippen LogP contribution is -2.53. The monoisotopic (exact) mass is 450 g/mol. The van der Waals surface area contributed by atoms with Crippen molar-refractivity contribution in [3.8, 4) is 11.9 Å². The zero-order valence-corrected chi connectivity index (χ0v) is 20.0. The zero-order valence-electron chi connectivity index (χ0n) is 20.0. The Morgan fingerprint density at radius 2 is 2.06 bits per heavy atom. The third-order valence-electron chi connectivity index (χ3n) is 6.54. The molecule has 1 saturated carbocycles. The first-order valence-corrected chi connectivity index (χ1v) is 11.6. The fourth-order valence-corrected chi connectivity index (χ4v) is 4.42. The molecule has 2 heterocycles. The van der Waals surface area contributed by atoms with E-state index in [1.165, 1.54) is 0 Å². The number of carbonyl (C=O) groups excluding carboxylic acids is 1. The van der Waals surface area contributed by atoms with Gasteiger partial charge in [0.25, 0.3) is 0 Å². The number of carbonyl (C=O) groups is 1. The van der Waals surface area contributed by atoms with Gasteiger partial charge in [-0.15, -0.1) is 0 Å². The molecular formula is C25H34N6O2. The number of ether oxygens (including phenoxy) is 1. The van der Waals surface area contributed by atoms with Gasteiger partial charge in [-0.1, -0.05) is 0 Å². The van der Waals surface area contributed by atoms with E-state index in [-0.39, 0.29) is 24.0 Å². The Bertz CT molecular complexity index is 968. The fourth-order valence-electron chi connectivity index (χ4n) is 4.42. The second-order valence-corrected chi connectivity index (χ2v) is 8.46. The Morgan fingerprint density at radius 1 is 1.27 bits per heavy atom. The number of nitrogens with one attached hydrogen (secondary N) is 1. The van der Waals surface area contributed by atoms with Crippen LogP contribution in [0, 0.1) is 11.3 Å². The van der Waals surface area contributed by atoms with Crippen molar-refractivity contribution >= 4 is 11.7 Å². The smallest absolute Gasteiger partial charge is 0.236 e. The van der Waals surface area contributed by atoms with Crippen LogP contribution < -0.4 is 15.0 Å². The minimum Gasteiger partial charge on any atom is -0.481 e. The summed E-state index contributed by atoms with van der Waals surface area (Å²) in [5.74, 6) is 1.48. The van der Waals surface area contributed by atoms with Crippen molar-refractivity contribution in [3.05, 3.63) is 47.8 Å². The average Bonchev–Trinajstić information content (AvgIpc) is 2.82. The van der Waals surface area contributed by atoms with Crippen molar-refractivity contribution in [1.29, 1.82) is 5.26 Å². The van der Waals surface area contributed by atoms with Crippen molar-refractivity contribution in [3.63, 3.8) is 0 Å². The summed E-state index contributed by atoms with van der Waals surface area (Å²) in [4.78, 5) is 25.8. The summed E-state index contributed by atoms with van der Waals surface area (Å²) in [6, 6.07) is 9.78. The first kappa shape index (κ1) is 24.5. The van der Waals surface area contributed by atoms with Gasteiger partial charge in [-0.2, -0.15) is 5.26 Å². The molecule has 1 atom stereocenters. The van der Waals surface area contributed by atoms with Crippen LogP contribution in [0.1, 0.15) is 51.2 Å². The van der Waals surface area contributed by atoms with Crippen LogP contribution >= 0.6 is 0 Å². The summed E-state index contributed by atoms with van der Waals surface area (Å²) in [5, 5.41) is 12.6. The molecule has 1 N–H and O–H groups in total. The predicted octanol–water partition coefficient (Wildman–Crippen LogP) is 3.09. The topological polar surface area (TPSA) is 94.4 Å². The van der Waals surface area contributed by atoms with Crippen molar-refractivity contribution in [2.24, 2.45) is 0 Å². The number of aromatic nitrogens is 2. The van der Waals surface area contributed by atoms with E-state index in [0.29, 0.717) is 24.5 Å². The van der Waals surface area contributed by atoms with Gasteiger partial charge in [-0.25, -0.2) is 9.97 Å². The van der Waals surface area contributed by atoms with Gasteiger partial charge in [0.1, 0.15) is 11.9 Å². The summed E-state index contributed by atoms with van der Waals surface area (Å²) >= 11 is 0. The number of hydrogen-bond donors (Lipinski definition) is 1. The van der Waals surface area contributed by atoms with E-state index in [0.717, 1.165) is 37.2 Å². The molecule has 0 saturated heterocycles. The maximum Gasteiger partial charge on any atom is 0.236 e. The third kappa shape index (κ3) is 5.60. The normalized spacial score (nSPS) is 15.1. The van der Waals surface area contributed by atoms with Gasteiger partial charge >= 0.3 is 0 Å². The lowest BCUT2D eigenvalue weighted by Gasteiger charge is -2.43. The molecule has 2 aromatic rings. The molecule has 0 spiro atoms. The van der Waals surface area contributed by atoms with E-state index in [1.54, 1.807) is 25.6 Å². The van der Waals surface area contributed by atoms with E-state index in [1.807, 2.05) is 30.0 Å². The van der Waals surface area contributed by atoms with E-state index in [2.05, 4.69) is 40.1 Å². The van der Waals surface area contributed by atoms with Gasteiger partial charge in [-0.3, -0.25) is 10.1 Å². The Labute approximate surface area is 196 Å². The number of amides is 1. The largest absolute Gasteiger partial charge is 0.481 e. The highest BCUT2D eigenvalue weighted by molar-refractivity contribution is 5.78. The minimum atomic E-state index is -0.196. The summed E-state index contributed by atoms with van der Waals surface area (Å²) in [6.45, 7) is 8.46. The molecule has 0 aliphatic heterocycles. The molecule has 1 aliphatic rings. The Kier molecular flexibility index (Phi) is 8.23. The standard InChI is InChI=1S/C25H34N6O2/c1-5-30(18-19(3)31(6-2)22-9-8-20(15-26)16-28-22)24(32)17-29-25(11-7-12-25)21-10-13-27-23(14-21)33-4/h8-10,13-14,16,19,29H,5-7,11-12,17-18H2,1-4H3. The molecule has 3 rings (SSSR count). The molecule has 8 heteroatoms. The quantitative estimate of drug-likeness (QED) is 0.562. The first-order chi connectivity index (χ1) is 16.0. The fraction of sp³-hybridized carbons (Fsp3) is 0.520. The average molecular weight is 451 g/mol. The summed E-state index contributed by atoms with van der Waals surface area (Å²) in [7, 11) is 1.61. The summed E-state index contributed by atoms with van der Waals surface area (Å²) < 4.78 is 5.29. The molecule has 1 aliphatic carbocycles.